The molecule has 0 radical (unpaired) electrons. The molecule has 1 N–H and O–H groups in total. The number of aryl methyl sites for hydroxylation is 2. The number of amides is 2. The van der Waals surface area contributed by atoms with Crippen LogP contribution in [0.3, 0.4) is 0 Å². The Bertz CT molecular complexity index is 1200. The molecule has 30 heavy (non-hydrogen) atoms. The Morgan fingerprint density at radius 3 is 1.90 bits per heavy atom. The molecule has 7 nitrogen and oxygen atoms in total. The topological polar surface area (TPSA) is 84.5 Å². The van der Waals surface area contributed by atoms with Crippen LogP contribution < -0.4 is 5.48 Å². The van der Waals surface area contributed by atoms with Crippen LogP contribution in [0.15, 0.2) is 24.3 Å². The highest BCUT2D eigenvalue weighted by Crippen LogP contribution is 2.35. The van der Waals surface area contributed by atoms with E-state index in [1.807, 2.05) is 19.1 Å². The molecule has 0 atom stereocenters. The van der Waals surface area contributed by atoms with E-state index in [0.29, 0.717) is 16.5 Å². The highest BCUT2D eigenvalue weighted by Gasteiger charge is 2.34. The van der Waals surface area contributed by atoms with Crippen LogP contribution in [0.2, 0.25) is 0 Å². The minimum atomic E-state index is -0.940. The van der Waals surface area contributed by atoms with Gasteiger partial charge < -0.3 is 14.2 Å². The van der Waals surface area contributed by atoms with Crippen molar-refractivity contribution in [2.45, 2.75) is 46.7 Å². The maximum Gasteiger partial charge on any atom is 0.303 e. The largest absolute Gasteiger partial charge is 0.481 e. The molecule has 0 spiro atoms. The number of aromatic nitrogens is 2. The number of imide groups is 1. The first-order valence-electron chi connectivity index (χ1n) is 10.3. The van der Waals surface area contributed by atoms with Crippen LogP contribution in [0.25, 0.3) is 27.9 Å². The minimum Gasteiger partial charge on any atom is -0.481 e. The average molecular weight is 407 g/mol. The number of hydrogen-bond donors (Lipinski definition) is 1. The van der Waals surface area contributed by atoms with E-state index < -0.39 is 5.97 Å². The summed E-state index contributed by atoms with van der Waals surface area (Å²) in [7, 11) is 0. The summed E-state index contributed by atoms with van der Waals surface area (Å²) in [5, 5.41) is 10.5. The molecule has 0 aliphatic carbocycles. The smallest absolute Gasteiger partial charge is 0.303 e. The number of aliphatic carboxylic acids is 1. The molecule has 1 aliphatic heterocycles. The summed E-state index contributed by atoms with van der Waals surface area (Å²) >= 11 is 0. The monoisotopic (exact) mass is 407 g/mol. The van der Waals surface area contributed by atoms with Crippen molar-refractivity contribution in [1.29, 1.82) is 0 Å². The molecule has 0 saturated carbocycles. The molecule has 0 bridgehead atoms. The third-order valence-electron chi connectivity index (χ3n) is 5.87. The van der Waals surface area contributed by atoms with Crippen molar-refractivity contribution >= 4 is 45.7 Å². The Hall–Kier alpha value is -3.35. The molecular formula is C23H25N3O4. The van der Waals surface area contributed by atoms with Crippen molar-refractivity contribution < 1.29 is 19.5 Å². The van der Waals surface area contributed by atoms with Gasteiger partial charge in [-0.15, -0.1) is 0 Å². The molecule has 2 heterocycles. The van der Waals surface area contributed by atoms with Gasteiger partial charge >= 0.3 is 5.97 Å². The molecule has 0 saturated heterocycles. The molecule has 0 fully saturated rings. The predicted octanol–water partition coefficient (Wildman–Crippen LogP) is 3.18. The van der Waals surface area contributed by atoms with E-state index in [2.05, 4.69) is 29.1 Å². The summed E-state index contributed by atoms with van der Waals surface area (Å²) in [5.74, 6) is -1.65. The zero-order valence-electron chi connectivity index (χ0n) is 17.4. The van der Waals surface area contributed by atoms with Crippen molar-refractivity contribution in [2.75, 3.05) is 6.54 Å². The summed E-state index contributed by atoms with van der Waals surface area (Å²) in [5.41, 5.74) is 4.06. The number of rotatable bonds is 6. The Balaban J connectivity index is 2.01. The minimum absolute atomic E-state index is 0.0831. The molecular weight excluding hydrogens is 382 g/mol. The lowest BCUT2D eigenvalue weighted by atomic mass is 9.92. The number of hydrogen-bond acceptors (Lipinski definition) is 3. The first-order chi connectivity index (χ1) is 14.4. The van der Waals surface area contributed by atoms with Crippen LogP contribution in [-0.2, 0) is 17.9 Å². The van der Waals surface area contributed by atoms with Crippen LogP contribution in [0.5, 0.6) is 0 Å². The second-order valence-electron chi connectivity index (χ2n) is 7.41. The van der Waals surface area contributed by atoms with Crippen molar-refractivity contribution in [2.24, 2.45) is 0 Å². The Labute approximate surface area is 173 Å². The van der Waals surface area contributed by atoms with E-state index in [1.165, 1.54) is 4.90 Å². The summed E-state index contributed by atoms with van der Waals surface area (Å²) in [4.78, 5) is 38.3. The quantitative estimate of drug-likeness (QED) is 0.636. The zero-order chi connectivity index (χ0) is 21.6. The van der Waals surface area contributed by atoms with Crippen LogP contribution in [0.1, 0.15) is 54.3 Å². The zero-order valence-corrected chi connectivity index (χ0v) is 17.4. The number of nitrogens with zero attached hydrogens (tertiary/aromatic N) is 3. The van der Waals surface area contributed by atoms with Gasteiger partial charge in [-0.3, -0.25) is 19.3 Å². The van der Waals surface area contributed by atoms with Gasteiger partial charge in [0.2, 0.25) is 0 Å². The number of carbonyl (C=O) groups excluding carboxylic acids is 2. The molecule has 7 heteroatoms. The van der Waals surface area contributed by atoms with E-state index in [-0.39, 0.29) is 31.2 Å². The molecule has 4 rings (SSSR count). The lowest BCUT2D eigenvalue weighted by molar-refractivity contribution is -0.137. The van der Waals surface area contributed by atoms with Gasteiger partial charge in [-0.05, 0) is 57.5 Å². The van der Waals surface area contributed by atoms with E-state index >= 15 is 0 Å². The van der Waals surface area contributed by atoms with Crippen molar-refractivity contribution in [3.63, 3.8) is 0 Å². The Kier molecular flexibility index (Phi) is 4.97. The Morgan fingerprint density at radius 1 is 0.933 bits per heavy atom. The number of benzene rings is 2. The van der Waals surface area contributed by atoms with E-state index in [1.54, 1.807) is 12.1 Å². The van der Waals surface area contributed by atoms with Crippen molar-refractivity contribution in [1.82, 2.24) is 14.0 Å². The SMILES string of the molecule is CC=c1n(CC)c2ccc3c4c(ccc(c42)n1CC)C(=O)N(CCCC(=O)O)C3=O. The number of carbonyl (C=O) groups is 3. The number of carboxylic acid groups (broad SMARTS) is 1. The first kappa shape index (κ1) is 19.9. The summed E-state index contributed by atoms with van der Waals surface area (Å²) < 4.78 is 4.40. The third kappa shape index (κ3) is 2.76. The first-order valence-corrected chi connectivity index (χ1v) is 10.3. The van der Waals surface area contributed by atoms with Gasteiger partial charge in [-0.25, -0.2) is 0 Å². The standard InChI is InChI=1S/C23H25N3O4/c1-4-18-24(5-2)16-11-9-14-20-15(10-12-17(21(16)20)25(18)6-3)23(30)26(22(14)29)13-7-8-19(27)28/h4,9-12H,5-8,13H2,1-3H3,(H,27,28). The van der Waals surface area contributed by atoms with Gasteiger partial charge in [0.1, 0.15) is 5.48 Å². The fourth-order valence-electron chi connectivity index (χ4n) is 4.61. The lowest BCUT2D eigenvalue weighted by Crippen LogP contribution is -2.41. The molecule has 2 amide bonds. The molecule has 0 unspecified atom stereocenters. The van der Waals surface area contributed by atoms with Gasteiger partial charge in [-0.1, -0.05) is 0 Å². The molecule has 2 aromatic carbocycles. The summed E-state index contributed by atoms with van der Waals surface area (Å²) in [6, 6.07) is 7.49. The van der Waals surface area contributed by atoms with Crippen LogP contribution >= 0.6 is 0 Å². The van der Waals surface area contributed by atoms with Gasteiger partial charge in [0, 0.05) is 48.0 Å². The molecule has 1 aliphatic rings. The molecule has 3 aromatic rings. The van der Waals surface area contributed by atoms with Crippen molar-refractivity contribution in [3.05, 3.63) is 40.9 Å². The van der Waals surface area contributed by atoms with Gasteiger partial charge in [0.25, 0.3) is 11.8 Å². The number of carboxylic acids is 1. The van der Waals surface area contributed by atoms with E-state index in [9.17, 15) is 14.4 Å². The predicted molar refractivity (Wildman–Crippen MR) is 115 cm³/mol. The molecule has 1 aromatic heterocycles. The third-order valence-corrected chi connectivity index (χ3v) is 5.87. The van der Waals surface area contributed by atoms with Crippen LogP contribution in [-0.4, -0.2) is 43.5 Å². The lowest BCUT2D eigenvalue weighted by Gasteiger charge is -2.29. The average Bonchev–Trinajstić information content (AvgIpc) is 2.74. The fourth-order valence-corrected chi connectivity index (χ4v) is 4.61. The normalized spacial score (nSPS) is 13.5. The second kappa shape index (κ2) is 7.48. The fraction of sp³-hybridized carbons (Fsp3) is 0.348. The Morgan fingerprint density at radius 2 is 1.47 bits per heavy atom. The highest BCUT2D eigenvalue weighted by molar-refractivity contribution is 6.29. The highest BCUT2D eigenvalue weighted by atomic mass is 16.4. The van der Waals surface area contributed by atoms with Gasteiger partial charge in [0.05, 0.1) is 11.0 Å². The van der Waals surface area contributed by atoms with Crippen molar-refractivity contribution in [3.8, 4) is 0 Å². The van der Waals surface area contributed by atoms with E-state index in [0.717, 1.165) is 35.0 Å². The van der Waals surface area contributed by atoms with Gasteiger partial charge in [-0.2, -0.15) is 0 Å². The maximum absolute atomic E-state index is 13.2. The van der Waals surface area contributed by atoms with Crippen LogP contribution in [0.4, 0.5) is 0 Å². The summed E-state index contributed by atoms with van der Waals surface area (Å²) in [6.07, 6.45) is 2.23. The van der Waals surface area contributed by atoms with Crippen LogP contribution in [0, 0.1) is 0 Å². The summed E-state index contributed by atoms with van der Waals surface area (Å²) in [6.45, 7) is 7.79. The molecule has 156 valence electrons. The second-order valence-corrected chi connectivity index (χ2v) is 7.41. The van der Waals surface area contributed by atoms with E-state index in [4.69, 9.17) is 5.11 Å². The maximum atomic E-state index is 13.2. The van der Waals surface area contributed by atoms with Gasteiger partial charge in [0.15, 0.2) is 0 Å².